The summed E-state index contributed by atoms with van der Waals surface area (Å²) in [6, 6.07) is 1.92. The van der Waals surface area contributed by atoms with Gasteiger partial charge in [-0.2, -0.15) is 0 Å². The summed E-state index contributed by atoms with van der Waals surface area (Å²) in [5.41, 5.74) is 7.79. The molecule has 108 valence electrons. The van der Waals surface area contributed by atoms with Crippen molar-refractivity contribution in [1.82, 2.24) is 9.88 Å². The van der Waals surface area contributed by atoms with Gasteiger partial charge >= 0.3 is 0 Å². The van der Waals surface area contributed by atoms with Gasteiger partial charge in [-0.15, -0.1) is 11.3 Å². The van der Waals surface area contributed by atoms with Gasteiger partial charge in [-0.25, -0.2) is 4.98 Å². The van der Waals surface area contributed by atoms with E-state index in [9.17, 15) is 4.79 Å². The van der Waals surface area contributed by atoms with Gasteiger partial charge in [-0.3, -0.25) is 4.79 Å². The van der Waals surface area contributed by atoms with Crippen molar-refractivity contribution in [3.63, 3.8) is 0 Å². The zero-order chi connectivity index (χ0) is 14.9. The number of rotatable bonds is 4. The Kier molecular flexibility index (Phi) is 4.28. The number of carbonyl (C=O) groups is 1. The Morgan fingerprint density at radius 3 is 2.80 bits per heavy atom. The van der Waals surface area contributed by atoms with Crippen molar-refractivity contribution in [3.8, 4) is 0 Å². The minimum Gasteiger partial charge on any atom is -0.397 e. The molecule has 0 saturated heterocycles. The van der Waals surface area contributed by atoms with Crippen LogP contribution in [0.1, 0.15) is 35.5 Å². The molecule has 4 nitrogen and oxygen atoms in total. The van der Waals surface area contributed by atoms with Crippen LogP contribution in [0.4, 0.5) is 5.69 Å². The van der Waals surface area contributed by atoms with E-state index < -0.39 is 0 Å². The largest absolute Gasteiger partial charge is 0.397 e. The third-order valence-corrected chi connectivity index (χ3v) is 4.52. The maximum absolute atomic E-state index is 12.5. The van der Waals surface area contributed by atoms with Crippen LogP contribution in [0.5, 0.6) is 0 Å². The Hall–Kier alpha value is -1.62. The number of aromatic nitrogens is 1. The summed E-state index contributed by atoms with van der Waals surface area (Å²) in [6.45, 7) is 7.04. The van der Waals surface area contributed by atoms with Gasteiger partial charge in [0.15, 0.2) is 0 Å². The van der Waals surface area contributed by atoms with Gasteiger partial charge in [0.2, 0.25) is 0 Å². The number of pyridine rings is 1. The Morgan fingerprint density at radius 2 is 2.20 bits per heavy atom. The minimum absolute atomic E-state index is 0.00875. The van der Waals surface area contributed by atoms with Crippen molar-refractivity contribution in [2.75, 3.05) is 19.3 Å². The summed E-state index contributed by atoms with van der Waals surface area (Å²) in [5, 5.41) is 0.915. The molecular formula is C15H21N3OS. The molecule has 2 rings (SSSR count). The standard InChI is InChI=1S/C15H21N3OS/c1-9(2)6-8-18(4)15(19)13-12(16)11-10(3)5-7-17-14(11)20-13/h5,7,9H,6,8,16H2,1-4H3. The Morgan fingerprint density at radius 1 is 1.50 bits per heavy atom. The number of carbonyl (C=O) groups excluding carboxylic acids is 1. The summed E-state index contributed by atoms with van der Waals surface area (Å²) in [5.74, 6) is 0.569. The lowest BCUT2D eigenvalue weighted by Crippen LogP contribution is -2.28. The van der Waals surface area contributed by atoms with E-state index in [1.54, 1.807) is 11.1 Å². The SMILES string of the molecule is Cc1ccnc2sc(C(=O)N(C)CCC(C)C)c(N)c12. The van der Waals surface area contributed by atoms with Gasteiger partial charge in [0.1, 0.15) is 9.71 Å². The van der Waals surface area contributed by atoms with Crippen molar-refractivity contribution < 1.29 is 4.79 Å². The van der Waals surface area contributed by atoms with E-state index in [1.807, 2.05) is 20.0 Å². The van der Waals surface area contributed by atoms with Crippen molar-refractivity contribution in [2.24, 2.45) is 5.92 Å². The molecule has 2 N–H and O–H groups in total. The molecule has 0 saturated carbocycles. The van der Waals surface area contributed by atoms with E-state index in [1.165, 1.54) is 11.3 Å². The average Bonchev–Trinajstić information content (AvgIpc) is 2.73. The number of nitrogen functional groups attached to an aromatic ring is 1. The molecule has 0 atom stereocenters. The van der Waals surface area contributed by atoms with Crippen molar-refractivity contribution >= 4 is 33.1 Å². The molecule has 0 aliphatic rings. The van der Waals surface area contributed by atoms with Crippen LogP contribution >= 0.6 is 11.3 Å². The highest BCUT2D eigenvalue weighted by Crippen LogP contribution is 2.34. The molecule has 0 spiro atoms. The number of hydrogen-bond donors (Lipinski definition) is 1. The lowest BCUT2D eigenvalue weighted by molar-refractivity contribution is 0.0795. The van der Waals surface area contributed by atoms with E-state index in [0.29, 0.717) is 16.5 Å². The zero-order valence-electron chi connectivity index (χ0n) is 12.4. The summed E-state index contributed by atoms with van der Waals surface area (Å²) < 4.78 is 0. The molecule has 2 heterocycles. The predicted molar refractivity (Wildman–Crippen MR) is 85.2 cm³/mol. The molecule has 0 aromatic carbocycles. The van der Waals surface area contributed by atoms with Crippen LogP contribution in [-0.2, 0) is 0 Å². The fraction of sp³-hybridized carbons (Fsp3) is 0.467. The lowest BCUT2D eigenvalue weighted by Gasteiger charge is -2.17. The van der Waals surface area contributed by atoms with Crippen molar-refractivity contribution in [1.29, 1.82) is 0 Å². The molecule has 2 aromatic rings. The van der Waals surface area contributed by atoms with Crippen molar-refractivity contribution in [3.05, 3.63) is 22.7 Å². The fourth-order valence-corrected chi connectivity index (χ4v) is 3.22. The Balaban J connectivity index is 2.31. The Labute approximate surface area is 123 Å². The predicted octanol–water partition coefficient (Wildman–Crippen LogP) is 3.31. The minimum atomic E-state index is -0.00875. The smallest absolute Gasteiger partial charge is 0.265 e. The monoisotopic (exact) mass is 291 g/mol. The zero-order valence-corrected chi connectivity index (χ0v) is 13.3. The number of amides is 1. The number of nitrogens with zero attached hydrogens (tertiary/aromatic N) is 2. The van der Waals surface area contributed by atoms with Crippen LogP contribution in [0.3, 0.4) is 0 Å². The molecule has 0 radical (unpaired) electrons. The first-order chi connectivity index (χ1) is 9.41. The van der Waals surface area contributed by atoms with Gasteiger partial charge in [0.05, 0.1) is 5.69 Å². The van der Waals surface area contributed by atoms with E-state index in [0.717, 1.165) is 28.7 Å². The number of aryl methyl sites for hydroxylation is 1. The van der Waals surface area contributed by atoms with Crippen LogP contribution < -0.4 is 5.73 Å². The normalized spacial score (nSPS) is 11.2. The number of anilines is 1. The third-order valence-electron chi connectivity index (χ3n) is 3.42. The summed E-state index contributed by atoms with van der Waals surface area (Å²) >= 11 is 1.38. The molecule has 0 bridgehead atoms. The first-order valence-corrected chi connectivity index (χ1v) is 7.62. The van der Waals surface area contributed by atoms with Crippen LogP contribution in [-0.4, -0.2) is 29.4 Å². The molecule has 1 amide bonds. The maximum atomic E-state index is 12.5. The second-order valence-electron chi connectivity index (χ2n) is 5.56. The molecule has 5 heteroatoms. The van der Waals surface area contributed by atoms with Crippen LogP contribution in [0.15, 0.2) is 12.3 Å². The number of nitrogens with two attached hydrogens (primary N) is 1. The number of fused-ring (bicyclic) bond motifs is 1. The molecule has 2 aromatic heterocycles. The van der Waals surface area contributed by atoms with Crippen LogP contribution in [0.25, 0.3) is 10.2 Å². The topological polar surface area (TPSA) is 59.2 Å². The van der Waals surface area contributed by atoms with E-state index in [-0.39, 0.29) is 5.91 Å². The highest BCUT2D eigenvalue weighted by molar-refractivity contribution is 7.21. The van der Waals surface area contributed by atoms with Crippen LogP contribution in [0, 0.1) is 12.8 Å². The number of hydrogen-bond acceptors (Lipinski definition) is 4. The highest BCUT2D eigenvalue weighted by atomic mass is 32.1. The third kappa shape index (κ3) is 2.77. The van der Waals surface area contributed by atoms with E-state index in [4.69, 9.17) is 5.73 Å². The van der Waals surface area contributed by atoms with Gasteiger partial charge in [-0.1, -0.05) is 13.8 Å². The van der Waals surface area contributed by atoms with Gasteiger partial charge in [0.25, 0.3) is 5.91 Å². The quantitative estimate of drug-likeness (QED) is 0.940. The highest BCUT2D eigenvalue weighted by Gasteiger charge is 2.21. The second-order valence-corrected chi connectivity index (χ2v) is 6.56. The molecule has 0 unspecified atom stereocenters. The first kappa shape index (κ1) is 14.8. The summed E-state index contributed by atoms with van der Waals surface area (Å²) in [7, 11) is 1.83. The Bertz CT molecular complexity index is 633. The molecule has 0 aliphatic carbocycles. The lowest BCUT2D eigenvalue weighted by atomic mass is 10.1. The maximum Gasteiger partial charge on any atom is 0.265 e. The molecular weight excluding hydrogens is 270 g/mol. The fourth-order valence-electron chi connectivity index (χ4n) is 2.09. The van der Waals surface area contributed by atoms with Gasteiger partial charge in [0, 0.05) is 25.2 Å². The first-order valence-electron chi connectivity index (χ1n) is 6.80. The van der Waals surface area contributed by atoms with E-state index in [2.05, 4.69) is 18.8 Å². The average molecular weight is 291 g/mol. The molecule has 0 fully saturated rings. The summed E-state index contributed by atoms with van der Waals surface area (Å²) in [6.07, 6.45) is 2.74. The van der Waals surface area contributed by atoms with Crippen LogP contribution in [0.2, 0.25) is 0 Å². The van der Waals surface area contributed by atoms with Crippen molar-refractivity contribution in [2.45, 2.75) is 27.2 Å². The molecule has 0 aliphatic heterocycles. The van der Waals surface area contributed by atoms with Gasteiger partial charge < -0.3 is 10.6 Å². The number of thiophene rings is 1. The second kappa shape index (κ2) is 5.79. The van der Waals surface area contributed by atoms with Gasteiger partial charge in [-0.05, 0) is 30.9 Å². The molecule has 20 heavy (non-hydrogen) atoms. The summed E-state index contributed by atoms with van der Waals surface area (Å²) in [4.78, 5) is 20.0. The van der Waals surface area contributed by atoms with E-state index >= 15 is 0 Å².